The third kappa shape index (κ3) is 3.20. The molecule has 1 rings (SSSR count). The predicted octanol–water partition coefficient (Wildman–Crippen LogP) is 0.688. The SMILES string of the molecule is COC(=O)CCc1nc(CO)ccc1OC. The summed E-state index contributed by atoms with van der Waals surface area (Å²) in [5.41, 5.74) is 1.21. The van der Waals surface area contributed by atoms with Crippen molar-refractivity contribution < 1.29 is 19.4 Å². The number of aromatic nitrogens is 1. The first-order valence-corrected chi connectivity index (χ1v) is 4.91. The van der Waals surface area contributed by atoms with Gasteiger partial charge in [0.05, 0.1) is 38.6 Å². The van der Waals surface area contributed by atoms with Crippen molar-refractivity contribution in [3.8, 4) is 5.75 Å². The number of hydrogen-bond donors (Lipinski definition) is 1. The van der Waals surface area contributed by atoms with Crippen LogP contribution in [0.2, 0.25) is 0 Å². The van der Waals surface area contributed by atoms with Crippen molar-refractivity contribution in [1.29, 1.82) is 0 Å². The molecular formula is C11H15NO4. The fourth-order valence-corrected chi connectivity index (χ4v) is 1.31. The van der Waals surface area contributed by atoms with Gasteiger partial charge in [-0.25, -0.2) is 0 Å². The van der Waals surface area contributed by atoms with Gasteiger partial charge in [0.15, 0.2) is 0 Å². The molecule has 0 radical (unpaired) electrons. The lowest BCUT2D eigenvalue weighted by Crippen LogP contribution is -2.05. The van der Waals surface area contributed by atoms with E-state index in [2.05, 4.69) is 9.72 Å². The molecule has 0 aliphatic carbocycles. The number of aliphatic hydroxyl groups excluding tert-OH is 1. The number of rotatable bonds is 5. The number of carbonyl (C=O) groups is 1. The van der Waals surface area contributed by atoms with Crippen LogP contribution in [-0.4, -0.2) is 30.3 Å². The topological polar surface area (TPSA) is 68.7 Å². The van der Waals surface area contributed by atoms with Crippen LogP contribution in [0.15, 0.2) is 12.1 Å². The van der Waals surface area contributed by atoms with Gasteiger partial charge in [-0.3, -0.25) is 9.78 Å². The molecule has 1 heterocycles. The highest BCUT2D eigenvalue weighted by Crippen LogP contribution is 2.18. The van der Waals surface area contributed by atoms with Crippen molar-refractivity contribution in [3.05, 3.63) is 23.5 Å². The first-order valence-electron chi connectivity index (χ1n) is 4.91. The Morgan fingerprint density at radius 3 is 2.75 bits per heavy atom. The zero-order valence-electron chi connectivity index (χ0n) is 9.40. The molecule has 1 N–H and O–H groups in total. The van der Waals surface area contributed by atoms with Gasteiger partial charge in [0.2, 0.25) is 0 Å². The highest BCUT2D eigenvalue weighted by atomic mass is 16.5. The van der Waals surface area contributed by atoms with Crippen LogP contribution in [0.4, 0.5) is 0 Å². The minimum Gasteiger partial charge on any atom is -0.495 e. The molecule has 5 heteroatoms. The summed E-state index contributed by atoms with van der Waals surface area (Å²) in [4.78, 5) is 15.2. The number of methoxy groups -OCH3 is 2. The van der Waals surface area contributed by atoms with Crippen LogP contribution in [0, 0.1) is 0 Å². The number of carbonyl (C=O) groups excluding carboxylic acids is 1. The van der Waals surface area contributed by atoms with Crippen LogP contribution in [0.1, 0.15) is 17.8 Å². The number of nitrogens with zero attached hydrogens (tertiary/aromatic N) is 1. The van der Waals surface area contributed by atoms with Crippen LogP contribution in [0.3, 0.4) is 0 Å². The second-order valence-electron chi connectivity index (χ2n) is 3.19. The maximum absolute atomic E-state index is 11.0. The smallest absolute Gasteiger partial charge is 0.305 e. The van der Waals surface area contributed by atoms with Crippen molar-refractivity contribution in [2.75, 3.05) is 14.2 Å². The first-order chi connectivity index (χ1) is 7.71. The molecule has 0 spiro atoms. The van der Waals surface area contributed by atoms with E-state index in [9.17, 15) is 4.79 Å². The van der Waals surface area contributed by atoms with Crippen LogP contribution < -0.4 is 4.74 Å². The Kier molecular flexibility index (Phi) is 4.72. The van der Waals surface area contributed by atoms with E-state index >= 15 is 0 Å². The van der Waals surface area contributed by atoms with Gasteiger partial charge >= 0.3 is 5.97 Å². The molecule has 0 aliphatic heterocycles. The third-order valence-electron chi connectivity index (χ3n) is 2.17. The minimum atomic E-state index is -0.293. The van der Waals surface area contributed by atoms with E-state index in [1.54, 1.807) is 12.1 Å². The molecule has 0 bridgehead atoms. The van der Waals surface area contributed by atoms with Gasteiger partial charge in [-0.1, -0.05) is 0 Å². The summed E-state index contributed by atoms with van der Waals surface area (Å²) in [6.07, 6.45) is 0.679. The second-order valence-corrected chi connectivity index (χ2v) is 3.19. The normalized spacial score (nSPS) is 9.94. The van der Waals surface area contributed by atoms with Gasteiger partial charge in [0.25, 0.3) is 0 Å². The molecule has 0 aromatic carbocycles. The zero-order chi connectivity index (χ0) is 12.0. The Morgan fingerprint density at radius 1 is 1.44 bits per heavy atom. The summed E-state index contributed by atoms with van der Waals surface area (Å²) in [6.45, 7) is -0.130. The molecule has 1 aromatic rings. The second kappa shape index (κ2) is 6.07. The Hall–Kier alpha value is -1.62. The van der Waals surface area contributed by atoms with Crippen LogP contribution in [0.5, 0.6) is 5.75 Å². The van der Waals surface area contributed by atoms with Crippen molar-refractivity contribution in [1.82, 2.24) is 4.98 Å². The molecule has 0 saturated heterocycles. The highest BCUT2D eigenvalue weighted by Gasteiger charge is 2.09. The number of hydrogen-bond acceptors (Lipinski definition) is 5. The molecule has 0 saturated carbocycles. The molecule has 88 valence electrons. The predicted molar refractivity (Wildman–Crippen MR) is 57.0 cm³/mol. The van der Waals surface area contributed by atoms with Gasteiger partial charge in [-0.15, -0.1) is 0 Å². The quantitative estimate of drug-likeness (QED) is 0.746. The van der Waals surface area contributed by atoms with Gasteiger partial charge in [0, 0.05) is 6.42 Å². The van der Waals surface area contributed by atoms with Gasteiger partial charge in [-0.05, 0) is 12.1 Å². The van der Waals surface area contributed by atoms with Crippen molar-refractivity contribution in [2.45, 2.75) is 19.4 Å². The van der Waals surface area contributed by atoms with Crippen LogP contribution in [-0.2, 0) is 22.6 Å². The Labute approximate surface area is 94.0 Å². The lowest BCUT2D eigenvalue weighted by molar-refractivity contribution is -0.140. The van der Waals surface area contributed by atoms with E-state index in [-0.39, 0.29) is 19.0 Å². The highest BCUT2D eigenvalue weighted by molar-refractivity contribution is 5.69. The van der Waals surface area contributed by atoms with Gasteiger partial charge in [-0.2, -0.15) is 0 Å². The van der Waals surface area contributed by atoms with Gasteiger partial charge < -0.3 is 14.6 Å². The summed E-state index contributed by atoms with van der Waals surface area (Å²) >= 11 is 0. The average Bonchev–Trinajstić information content (AvgIpc) is 2.35. The summed E-state index contributed by atoms with van der Waals surface area (Å²) in [5.74, 6) is 0.319. The summed E-state index contributed by atoms with van der Waals surface area (Å²) < 4.78 is 9.66. The number of pyridine rings is 1. The number of aryl methyl sites for hydroxylation is 1. The Balaban J connectivity index is 2.78. The van der Waals surface area contributed by atoms with Crippen LogP contribution >= 0.6 is 0 Å². The first kappa shape index (κ1) is 12.4. The monoisotopic (exact) mass is 225 g/mol. The fraction of sp³-hybridized carbons (Fsp3) is 0.455. The Bertz CT molecular complexity index is 365. The maximum Gasteiger partial charge on any atom is 0.305 e. The third-order valence-corrected chi connectivity index (χ3v) is 2.17. The standard InChI is InChI=1S/C11H15NO4/c1-15-10-5-3-8(7-13)12-9(10)4-6-11(14)16-2/h3,5,13H,4,6-7H2,1-2H3. The molecule has 5 nitrogen and oxygen atoms in total. The number of aliphatic hydroxyl groups is 1. The van der Waals surface area contributed by atoms with Gasteiger partial charge in [0.1, 0.15) is 5.75 Å². The average molecular weight is 225 g/mol. The van der Waals surface area contributed by atoms with E-state index in [1.165, 1.54) is 14.2 Å². The largest absolute Gasteiger partial charge is 0.495 e. The molecule has 0 atom stereocenters. The summed E-state index contributed by atoms with van der Waals surface area (Å²) in [7, 11) is 2.88. The summed E-state index contributed by atoms with van der Waals surface area (Å²) in [5, 5.41) is 8.95. The lowest BCUT2D eigenvalue weighted by Gasteiger charge is -2.08. The molecule has 0 aliphatic rings. The molecule has 0 unspecified atom stereocenters. The fourth-order valence-electron chi connectivity index (χ4n) is 1.31. The van der Waals surface area contributed by atoms with Crippen molar-refractivity contribution in [2.24, 2.45) is 0 Å². The van der Waals surface area contributed by atoms with E-state index in [1.807, 2.05) is 0 Å². The number of esters is 1. The van der Waals surface area contributed by atoms with E-state index in [4.69, 9.17) is 9.84 Å². The maximum atomic E-state index is 11.0. The van der Waals surface area contributed by atoms with E-state index in [0.29, 0.717) is 23.6 Å². The zero-order valence-corrected chi connectivity index (χ0v) is 9.40. The van der Waals surface area contributed by atoms with Crippen molar-refractivity contribution in [3.63, 3.8) is 0 Å². The van der Waals surface area contributed by atoms with E-state index in [0.717, 1.165) is 0 Å². The van der Waals surface area contributed by atoms with Crippen LogP contribution in [0.25, 0.3) is 0 Å². The summed E-state index contributed by atoms with van der Waals surface area (Å²) in [6, 6.07) is 3.41. The van der Waals surface area contributed by atoms with E-state index < -0.39 is 0 Å². The molecule has 0 amide bonds. The molecule has 16 heavy (non-hydrogen) atoms. The molecule has 1 aromatic heterocycles. The molecule has 0 fully saturated rings. The number of ether oxygens (including phenoxy) is 2. The minimum absolute atomic E-state index is 0.130. The molecular weight excluding hydrogens is 210 g/mol. The van der Waals surface area contributed by atoms with Crippen molar-refractivity contribution >= 4 is 5.97 Å². The Morgan fingerprint density at radius 2 is 2.19 bits per heavy atom. The lowest BCUT2D eigenvalue weighted by atomic mass is 10.2.